The van der Waals surface area contributed by atoms with Gasteiger partial charge in [-0.1, -0.05) is 25.3 Å². The van der Waals surface area contributed by atoms with Crippen LogP contribution < -0.4 is 5.32 Å². The number of aryl methyl sites for hydroxylation is 1. The van der Waals surface area contributed by atoms with E-state index >= 15 is 0 Å². The molecule has 0 aromatic carbocycles. The van der Waals surface area contributed by atoms with E-state index in [0.717, 1.165) is 24.6 Å². The predicted octanol–water partition coefficient (Wildman–Crippen LogP) is 3.75. The van der Waals surface area contributed by atoms with Gasteiger partial charge in [-0.2, -0.15) is 0 Å². The van der Waals surface area contributed by atoms with Gasteiger partial charge in [-0.15, -0.1) is 0 Å². The fourth-order valence-electron chi connectivity index (χ4n) is 3.15. The van der Waals surface area contributed by atoms with E-state index in [9.17, 15) is 0 Å². The number of imidazole rings is 1. The second kappa shape index (κ2) is 6.74. The summed E-state index contributed by atoms with van der Waals surface area (Å²) in [5.74, 6) is 1.03. The predicted molar refractivity (Wildman–Crippen MR) is 85.5 cm³/mol. The van der Waals surface area contributed by atoms with E-state index < -0.39 is 0 Å². The van der Waals surface area contributed by atoms with E-state index in [0.29, 0.717) is 6.04 Å². The van der Waals surface area contributed by atoms with Crippen LogP contribution in [0.25, 0.3) is 0 Å². The number of aromatic nitrogens is 3. The SMILES string of the molecule is Cc1cn(C2CCCCC2)c(NCCc2cccnc2)n1. The smallest absolute Gasteiger partial charge is 0.203 e. The maximum atomic E-state index is 4.65. The van der Waals surface area contributed by atoms with Crippen LogP contribution in [0.1, 0.15) is 49.4 Å². The van der Waals surface area contributed by atoms with Crippen molar-refractivity contribution in [3.05, 3.63) is 42.0 Å². The molecule has 0 atom stereocenters. The molecule has 1 saturated carbocycles. The van der Waals surface area contributed by atoms with Gasteiger partial charge in [0.15, 0.2) is 0 Å². The minimum Gasteiger partial charge on any atom is -0.355 e. The maximum absolute atomic E-state index is 4.65. The summed E-state index contributed by atoms with van der Waals surface area (Å²) in [4.78, 5) is 8.81. The van der Waals surface area contributed by atoms with E-state index in [1.807, 2.05) is 18.5 Å². The Morgan fingerprint density at radius 1 is 1.29 bits per heavy atom. The van der Waals surface area contributed by atoms with Crippen LogP contribution in [-0.4, -0.2) is 21.1 Å². The lowest BCUT2D eigenvalue weighted by Crippen LogP contribution is -2.16. The molecule has 112 valence electrons. The zero-order valence-electron chi connectivity index (χ0n) is 12.8. The molecule has 0 radical (unpaired) electrons. The molecule has 0 unspecified atom stereocenters. The summed E-state index contributed by atoms with van der Waals surface area (Å²) in [5.41, 5.74) is 2.36. The summed E-state index contributed by atoms with van der Waals surface area (Å²) in [6, 6.07) is 4.73. The zero-order valence-corrected chi connectivity index (χ0v) is 12.8. The number of nitrogens with one attached hydrogen (secondary N) is 1. The zero-order chi connectivity index (χ0) is 14.5. The van der Waals surface area contributed by atoms with Crippen molar-refractivity contribution in [2.45, 2.75) is 51.5 Å². The molecule has 0 aliphatic heterocycles. The van der Waals surface area contributed by atoms with Gasteiger partial charge in [-0.3, -0.25) is 4.98 Å². The maximum Gasteiger partial charge on any atom is 0.203 e. The van der Waals surface area contributed by atoms with Crippen LogP contribution >= 0.6 is 0 Å². The number of nitrogens with zero attached hydrogens (tertiary/aromatic N) is 3. The quantitative estimate of drug-likeness (QED) is 0.909. The van der Waals surface area contributed by atoms with Gasteiger partial charge in [-0.25, -0.2) is 4.98 Å². The first kappa shape index (κ1) is 14.1. The Balaban J connectivity index is 1.62. The molecular weight excluding hydrogens is 260 g/mol. The van der Waals surface area contributed by atoms with Crippen LogP contribution in [0.4, 0.5) is 5.95 Å². The second-order valence-electron chi connectivity index (χ2n) is 5.94. The van der Waals surface area contributed by atoms with Gasteiger partial charge in [0.2, 0.25) is 5.95 Å². The van der Waals surface area contributed by atoms with Crippen molar-refractivity contribution in [3.8, 4) is 0 Å². The third-order valence-electron chi connectivity index (χ3n) is 4.24. The largest absolute Gasteiger partial charge is 0.355 e. The fourth-order valence-corrected chi connectivity index (χ4v) is 3.15. The van der Waals surface area contributed by atoms with Crippen molar-refractivity contribution >= 4 is 5.95 Å². The van der Waals surface area contributed by atoms with Crippen LogP contribution in [0.3, 0.4) is 0 Å². The molecule has 1 N–H and O–H groups in total. The van der Waals surface area contributed by atoms with Crippen LogP contribution in [0.15, 0.2) is 30.7 Å². The summed E-state index contributed by atoms with van der Waals surface area (Å²) in [7, 11) is 0. The molecule has 3 rings (SSSR count). The number of rotatable bonds is 5. The van der Waals surface area contributed by atoms with E-state index in [4.69, 9.17) is 0 Å². The lowest BCUT2D eigenvalue weighted by Gasteiger charge is -2.24. The van der Waals surface area contributed by atoms with Gasteiger partial charge >= 0.3 is 0 Å². The van der Waals surface area contributed by atoms with Gasteiger partial charge in [0.05, 0.1) is 5.69 Å². The molecule has 1 aliphatic carbocycles. The first-order valence-corrected chi connectivity index (χ1v) is 8.01. The van der Waals surface area contributed by atoms with E-state index in [1.54, 1.807) is 0 Å². The minimum absolute atomic E-state index is 0.626. The molecule has 2 aromatic heterocycles. The molecule has 4 heteroatoms. The lowest BCUT2D eigenvalue weighted by molar-refractivity contribution is 0.355. The Bertz CT molecular complexity index is 555. The highest BCUT2D eigenvalue weighted by molar-refractivity contribution is 5.30. The van der Waals surface area contributed by atoms with Gasteiger partial charge in [0, 0.05) is 31.2 Å². The summed E-state index contributed by atoms with van der Waals surface area (Å²) in [6.07, 6.45) is 13.6. The Labute approximate surface area is 126 Å². The number of pyridine rings is 1. The molecule has 2 heterocycles. The minimum atomic E-state index is 0.626. The van der Waals surface area contributed by atoms with Gasteiger partial charge in [0.1, 0.15) is 0 Å². The number of hydrogen-bond donors (Lipinski definition) is 1. The molecule has 0 spiro atoms. The van der Waals surface area contributed by atoms with Crippen molar-refractivity contribution in [1.82, 2.24) is 14.5 Å². The van der Waals surface area contributed by atoms with Crippen molar-refractivity contribution in [2.24, 2.45) is 0 Å². The summed E-state index contributed by atoms with van der Waals surface area (Å²) >= 11 is 0. The third-order valence-corrected chi connectivity index (χ3v) is 4.24. The Hall–Kier alpha value is -1.84. The highest BCUT2D eigenvalue weighted by Gasteiger charge is 2.18. The first-order chi connectivity index (χ1) is 10.3. The van der Waals surface area contributed by atoms with Gasteiger partial charge in [0.25, 0.3) is 0 Å². The molecule has 1 fully saturated rings. The summed E-state index contributed by atoms with van der Waals surface area (Å²) < 4.78 is 2.36. The second-order valence-corrected chi connectivity index (χ2v) is 5.94. The molecule has 2 aromatic rings. The highest BCUT2D eigenvalue weighted by atomic mass is 15.2. The van der Waals surface area contributed by atoms with Crippen LogP contribution in [0.5, 0.6) is 0 Å². The van der Waals surface area contributed by atoms with Crippen LogP contribution in [0, 0.1) is 6.92 Å². The molecule has 0 saturated heterocycles. The van der Waals surface area contributed by atoms with E-state index in [-0.39, 0.29) is 0 Å². The molecular formula is C17H24N4. The molecule has 4 nitrogen and oxygen atoms in total. The standard InChI is InChI=1S/C17H24N4/c1-14-13-21(16-7-3-2-4-8-16)17(20-14)19-11-9-15-6-5-10-18-12-15/h5-6,10,12-13,16H,2-4,7-9,11H2,1H3,(H,19,20). The third kappa shape index (κ3) is 3.63. The lowest BCUT2D eigenvalue weighted by atomic mass is 9.95. The van der Waals surface area contributed by atoms with E-state index in [1.165, 1.54) is 37.7 Å². The Morgan fingerprint density at radius 2 is 2.14 bits per heavy atom. The Kier molecular flexibility index (Phi) is 4.53. The normalized spacial score (nSPS) is 16.0. The molecule has 0 amide bonds. The molecule has 21 heavy (non-hydrogen) atoms. The first-order valence-electron chi connectivity index (χ1n) is 8.01. The van der Waals surface area contributed by atoms with Crippen molar-refractivity contribution in [2.75, 3.05) is 11.9 Å². The van der Waals surface area contributed by atoms with E-state index in [2.05, 4.69) is 39.0 Å². The van der Waals surface area contributed by atoms with Crippen molar-refractivity contribution in [3.63, 3.8) is 0 Å². The van der Waals surface area contributed by atoms with Crippen LogP contribution in [0.2, 0.25) is 0 Å². The number of hydrogen-bond acceptors (Lipinski definition) is 3. The molecule has 0 bridgehead atoms. The summed E-state index contributed by atoms with van der Waals surface area (Å²) in [6.45, 7) is 2.97. The van der Waals surface area contributed by atoms with Crippen molar-refractivity contribution < 1.29 is 0 Å². The van der Waals surface area contributed by atoms with Gasteiger partial charge < -0.3 is 9.88 Å². The van der Waals surface area contributed by atoms with Gasteiger partial charge in [-0.05, 0) is 37.8 Å². The Morgan fingerprint density at radius 3 is 2.90 bits per heavy atom. The average molecular weight is 284 g/mol. The topological polar surface area (TPSA) is 42.7 Å². The highest BCUT2D eigenvalue weighted by Crippen LogP contribution is 2.30. The molecule has 1 aliphatic rings. The van der Waals surface area contributed by atoms with Crippen molar-refractivity contribution in [1.29, 1.82) is 0 Å². The monoisotopic (exact) mass is 284 g/mol. The number of anilines is 1. The summed E-state index contributed by atoms with van der Waals surface area (Å²) in [5, 5.41) is 3.50. The average Bonchev–Trinajstić information content (AvgIpc) is 2.90. The van der Waals surface area contributed by atoms with Crippen LogP contribution in [-0.2, 0) is 6.42 Å². The fraction of sp³-hybridized carbons (Fsp3) is 0.529.